The van der Waals surface area contributed by atoms with Crippen LogP contribution < -0.4 is 5.32 Å². The van der Waals surface area contributed by atoms with Gasteiger partial charge in [-0.2, -0.15) is 0 Å². The molecule has 0 fully saturated rings. The molecule has 1 aromatic carbocycles. The fourth-order valence-corrected chi connectivity index (χ4v) is 2.42. The van der Waals surface area contributed by atoms with Crippen molar-refractivity contribution in [2.24, 2.45) is 0 Å². The van der Waals surface area contributed by atoms with Gasteiger partial charge in [0, 0.05) is 22.9 Å². The van der Waals surface area contributed by atoms with Crippen molar-refractivity contribution in [2.75, 3.05) is 5.32 Å². The summed E-state index contributed by atoms with van der Waals surface area (Å²) in [7, 11) is 0. The molecule has 0 aliphatic rings. The van der Waals surface area contributed by atoms with Gasteiger partial charge in [-0.05, 0) is 41.9 Å². The Labute approximate surface area is 124 Å². The first kappa shape index (κ1) is 13.7. The molecule has 0 bridgehead atoms. The van der Waals surface area contributed by atoms with Gasteiger partial charge in [0.15, 0.2) is 0 Å². The highest BCUT2D eigenvalue weighted by molar-refractivity contribution is 9.10. The molecule has 0 spiro atoms. The topological polar surface area (TPSA) is 29.9 Å². The van der Waals surface area contributed by atoms with Crippen molar-refractivity contribution in [3.05, 3.63) is 39.0 Å². The Morgan fingerprint density at radius 3 is 2.67 bits per heavy atom. The summed E-state index contributed by atoms with van der Waals surface area (Å²) in [6.07, 6.45) is 3.56. The molecule has 18 heavy (non-hydrogen) atoms. The SMILES string of the molecule is CC(C)Nc1nccn1-c1ccc(Br)c(Cl)c1Cl. The Morgan fingerprint density at radius 2 is 2.00 bits per heavy atom. The van der Waals surface area contributed by atoms with Gasteiger partial charge < -0.3 is 5.32 Å². The Bertz CT molecular complexity index is 566. The highest BCUT2D eigenvalue weighted by atomic mass is 79.9. The van der Waals surface area contributed by atoms with Gasteiger partial charge >= 0.3 is 0 Å². The highest BCUT2D eigenvalue weighted by Gasteiger charge is 2.13. The van der Waals surface area contributed by atoms with Gasteiger partial charge in [0.2, 0.25) is 5.95 Å². The van der Waals surface area contributed by atoms with Gasteiger partial charge in [-0.3, -0.25) is 4.57 Å². The van der Waals surface area contributed by atoms with Crippen LogP contribution in [0.25, 0.3) is 5.69 Å². The fraction of sp³-hybridized carbons (Fsp3) is 0.250. The van der Waals surface area contributed by atoms with Crippen molar-refractivity contribution < 1.29 is 0 Å². The van der Waals surface area contributed by atoms with Crippen molar-refractivity contribution in [3.63, 3.8) is 0 Å². The zero-order valence-corrected chi connectivity index (χ0v) is 13.0. The molecule has 96 valence electrons. The van der Waals surface area contributed by atoms with Crippen LogP contribution in [-0.2, 0) is 0 Å². The Balaban J connectivity index is 2.49. The lowest BCUT2D eigenvalue weighted by Gasteiger charge is -2.14. The van der Waals surface area contributed by atoms with Crippen LogP contribution in [0, 0.1) is 0 Å². The van der Waals surface area contributed by atoms with Crippen LogP contribution in [0.1, 0.15) is 13.8 Å². The van der Waals surface area contributed by atoms with Gasteiger partial charge in [0.1, 0.15) is 0 Å². The van der Waals surface area contributed by atoms with E-state index in [1.165, 1.54) is 0 Å². The van der Waals surface area contributed by atoms with E-state index in [1.807, 2.05) is 22.9 Å². The zero-order chi connectivity index (χ0) is 13.3. The predicted molar refractivity (Wildman–Crippen MR) is 80.0 cm³/mol. The van der Waals surface area contributed by atoms with Crippen LogP contribution in [0.5, 0.6) is 0 Å². The van der Waals surface area contributed by atoms with E-state index < -0.39 is 0 Å². The third-order valence-electron chi connectivity index (χ3n) is 2.33. The van der Waals surface area contributed by atoms with E-state index in [4.69, 9.17) is 23.2 Å². The summed E-state index contributed by atoms with van der Waals surface area (Å²) in [6, 6.07) is 4.05. The minimum absolute atomic E-state index is 0.288. The smallest absolute Gasteiger partial charge is 0.207 e. The van der Waals surface area contributed by atoms with E-state index in [0.29, 0.717) is 10.0 Å². The molecule has 2 rings (SSSR count). The van der Waals surface area contributed by atoms with Gasteiger partial charge in [0.05, 0.1) is 15.7 Å². The van der Waals surface area contributed by atoms with E-state index in [0.717, 1.165) is 16.1 Å². The quantitative estimate of drug-likeness (QED) is 0.810. The molecule has 0 aliphatic heterocycles. The lowest BCUT2D eigenvalue weighted by Crippen LogP contribution is -2.14. The summed E-state index contributed by atoms with van der Waals surface area (Å²) in [5.41, 5.74) is 0.797. The maximum absolute atomic E-state index is 6.26. The number of imidazole rings is 1. The summed E-state index contributed by atoms with van der Waals surface area (Å²) < 4.78 is 2.65. The molecular weight excluding hydrogens is 337 g/mol. The van der Waals surface area contributed by atoms with Crippen molar-refractivity contribution in [1.29, 1.82) is 0 Å². The first-order valence-electron chi connectivity index (χ1n) is 5.44. The second-order valence-electron chi connectivity index (χ2n) is 4.11. The predicted octanol–water partition coefficient (Wildman–Crippen LogP) is 4.76. The number of hydrogen-bond donors (Lipinski definition) is 1. The number of anilines is 1. The van der Waals surface area contributed by atoms with E-state index in [-0.39, 0.29) is 6.04 Å². The fourth-order valence-electron chi connectivity index (χ4n) is 1.56. The maximum Gasteiger partial charge on any atom is 0.207 e. The summed E-state index contributed by atoms with van der Waals surface area (Å²) in [6.45, 7) is 4.10. The van der Waals surface area contributed by atoms with Gasteiger partial charge in [-0.1, -0.05) is 23.2 Å². The number of halogens is 3. The molecule has 0 aliphatic carbocycles. The van der Waals surface area contributed by atoms with Crippen LogP contribution in [-0.4, -0.2) is 15.6 Å². The van der Waals surface area contributed by atoms with Gasteiger partial charge in [-0.15, -0.1) is 0 Å². The molecule has 0 saturated carbocycles. The first-order valence-corrected chi connectivity index (χ1v) is 6.99. The first-order chi connectivity index (χ1) is 8.50. The highest BCUT2D eigenvalue weighted by Crippen LogP contribution is 2.35. The molecule has 0 amide bonds. The zero-order valence-electron chi connectivity index (χ0n) is 9.92. The molecule has 0 radical (unpaired) electrons. The number of nitrogens with zero attached hydrogens (tertiary/aromatic N) is 2. The number of nitrogens with one attached hydrogen (secondary N) is 1. The number of rotatable bonds is 3. The van der Waals surface area contributed by atoms with Crippen LogP contribution in [0.3, 0.4) is 0 Å². The van der Waals surface area contributed by atoms with Crippen LogP contribution >= 0.6 is 39.1 Å². The van der Waals surface area contributed by atoms with E-state index >= 15 is 0 Å². The maximum atomic E-state index is 6.26. The molecule has 2 aromatic rings. The van der Waals surface area contributed by atoms with Crippen molar-refractivity contribution in [1.82, 2.24) is 9.55 Å². The summed E-state index contributed by atoms with van der Waals surface area (Å²) in [5, 5.41) is 4.25. The summed E-state index contributed by atoms with van der Waals surface area (Å²) in [4.78, 5) is 4.26. The number of benzene rings is 1. The van der Waals surface area contributed by atoms with Crippen LogP contribution in [0.2, 0.25) is 10.0 Å². The van der Waals surface area contributed by atoms with Crippen molar-refractivity contribution in [3.8, 4) is 5.69 Å². The average Bonchev–Trinajstić information content (AvgIpc) is 2.73. The van der Waals surface area contributed by atoms with Crippen molar-refractivity contribution >= 4 is 45.1 Å². The van der Waals surface area contributed by atoms with E-state index in [1.54, 1.807) is 6.20 Å². The Kier molecular flexibility index (Phi) is 4.20. The largest absolute Gasteiger partial charge is 0.353 e. The minimum atomic E-state index is 0.288. The normalized spacial score (nSPS) is 11.0. The van der Waals surface area contributed by atoms with Gasteiger partial charge in [-0.25, -0.2) is 4.98 Å². The van der Waals surface area contributed by atoms with Gasteiger partial charge in [0.25, 0.3) is 0 Å². The third kappa shape index (κ3) is 2.66. The second kappa shape index (κ2) is 5.51. The number of aromatic nitrogens is 2. The summed E-state index contributed by atoms with van der Waals surface area (Å²) in [5.74, 6) is 0.741. The molecule has 1 heterocycles. The standard InChI is InChI=1S/C12H12BrCl2N3/c1-7(2)17-12-16-5-6-18(12)9-4-3-8(13)10(14)11(9)15/h3-7H,1-2H3,(H,16,17). The molecule has 6 heteroatoms. The van der Waals surface area contributed by atoms with Crippen molar-refractivity contribution in [2.45, 2.75) is 19.9 Å². The summed E-state index contributed by atoms with van der Waals surface area (Å²) >= 11 is 15.7. The molecule has 3 nitrogen and oxygen atoms in total. The lowest BCUT2D eigenvalue weighted by molar-refractivity contribution is 0.864. The van der Waals surface area contributed by atoms with Crippen LogP contribution in [0.15, 0.2) is 29.0 Å². The number of hydrogen-bond acceptors (Lipinski definition) is 2. The van der Waals surface area contributed by atoms with E-state index in [2.05, 4.69) is 40.1 Å². The molecule has 0 unspecified atom stereocenters. The second-order valence-corrected chi connectivity index (χ2v) is 5.72. The Hall–Kier alpha value is -0.710. The van der Waals surface area contributed by atoms with E-state index in [9.17, 15) is 0 Å². The molecule has 1 aromatic heterocycles. The monoisotopic (exact) mass is 347 g/mol. The van der Waals surface area contributed by atoms with Crippen LogP contribution in [0.4, 0.5) is 5.95 Å². The molecule has 1 N–H and O–H groups in total. The molecule has 0 saturated heterocycles. The molecular formula is C12H12BrCl2N3. The minimum Gasteiger partial charge on any atom is -0.353 e. The average molecular weight is 349 g/mol. The molecule has 0 atom stereocenters. The Morgan fingerprint density at radius 1 is 1.28 bits per heavy atom. The lowest BCUT2D eigenvalue weighted by atomic mass is 10.3. The third-order valence-corrected chi connectivity index (χ3v) is 4.09.